The Morgan fingerprint density at radius 2 is 2.12 bits per heavy atom. The molecule has 1 fully saturated rings. The van der Waals surface area contributed by atoms with Crippen molar-refractivity contribution in [3.63, 3.8) is 0 Å². The molecule has 1 saturated heterocycles. The minimum absolute atomic E-state index is 0. The van der Waals surface area contributed by atoms with E-state index < -0.39 is 5.97 Å². The maximum atomic E-state index is 11.8. The van der Waals surface area contributed by atoms with Crippen molar-refractivity contribution >= 4 is 47.5 Å². The molecule has 0 saturated carbocycles. The molecule has 0 amide bonds. The summed E-state index contributed by atoms with van der Waals surface area (Å²) >= 11 is 6.25. The second kappa shape index (κ2) is 12.5. The van der Waals surface area contributed by atoms with Crippen LogP contribution >= 0.6 is 35.6 Å². The van der Waals surface area contributed by atoms with Gasteiger partial charge < -0.3 is 19.8 Å². The number of hydrogen-bond donors (Lipinski definition) is 2. The van der Waals surface area contributed by atoms with Crippen molar-refractivity contribution in [2.24, 2.45) is 10.9 Å². The molecule has 2 unspecified atom stereocenters. The number of likely N-dealkylation sites (tertiary alicyclic amines) is 1. The number of nitrogens with one attached hydrogen (secondary N) is 2. The van der Waals surface area contributed by atoms with E-state index in [1.165, 1.54) is 12.7 Å². The minimum Gasteiger partial charge on any atom is -0.465 e. The van der Waals surface area contributed by atoms with Gasteiger partial charge in [-0.15, -0.1) is 24.0 Å². The number of ether oxygens (including phenoxy) is 1. The van der Waals surface area contributed by atoms with E-state index in [1.54, 1.807) is 20.0 Å². The zero-order valence-corrected chi connectivity index (χ0v) is 22.1. The van der Waals surface area contributed by atoms with Crippen LogP contribution < -0.4 is 10.6 Å². The van der Waals surface area contributed by atoms with Crippen LogP contribution in [0.3, 0.4) is 0 Å². The van der Waals surface area contributed by atoms with Crippen molar-refractivity contribution in [2.75, 3.05) is 34.3 Å². The molecule has 0 spiro atoms. The normalized spacial score (nSPS) is 19.2. The molecule has 2 N–H and O–H groups in total. The smallest absolute Gasteiger partial charge is 0.341 e. The first-order chi connectivity index (χ1) is 14.9. The van der Waals surface area contributed by atoms with Crippen LogP contribution in [0.4, 0.5) is 0 Å². The van der Waals surface area contributed by atoms with E-state index in [0.717, 1.165) is 31.0 Å². The Labute approximate surface area is 211 Å². The topological polar surface area (TPSA) is 79.1 Å². The Balaban J connectivity index is 0.00000363. The molecule has 1 aliphatic heterocycles. The Bertz CT molecular complexity index is 934. The Kier molecular flexibility index (Phi) is 10.3. The van der Waals surface area contributed by atoms with Gasteiger partial charge in [0.25, 0.3) is 0 Å². The van der Waals surface area contributed by atoms with E-state index in [9.17, 15) is 4.79 Å². The van der Waals surface area contributed by atoms with Crippen molar-refractivity contribution < 1.29 is 13.9 Å². The molecule has 7 nitrogen and oxygen atoms in total. The molecule has 0 bridgehead atoms. The molecule has 0 radical (unpaired) electrons. The number of benzene rings is 1. The molecular formula is C23H32ClIN4O3. The summed E-state index contributed by atoms with van der Waals surface area (Å²) in [6.07, 6.45) is 2.29. The fraction of sp³-hybridized carbons (Fsp3) is 0.478. The van der Waals surface area contributed by atoms with Gasteiger partial charge in [0.15, 0.2) is 5.96 Å². The van der Waals surface area contributed by atoms with E-state index in [2.05, 4.69) is 39.7 Å². The lowest BCUT2D eigenvalue weighted by atomic mass is 9.85. The lowest BCUT2D eigenvalue weighted by Gasteiger charge is -2.40. The minimum atomic E-state index is -0.400. The van der Waals surface area contributed by atoms with Gasteiger partial charge in [0.05, 0.1) is 13.7 Å². The quantitative estimate of drug-likeness (QED) is 0.231. The lowest BCUT2D eigenvalue weighted by Crippen LogP contribution is -2.44. The lowest BCUT2D eigenvalue weighted by molar-refractivity contribution is 0.0599. The molecule has 3 rings (SSSR count). The summed E-state index contributed by atoms with van der Waals surface area (Å²) in [4.78, 5) is 18.5. The van der Waals surface area contributed by atoms with Crippen LogP contribution in [-0.4, -0.2) is 51.1 Å². The van der Waals surface area contributed by atoms with Crippen LogP contribution in [-0.2, 0) is 11.3 Å². The van der Waals surface area contributed by atoms with Crippen molar-refractivity contribution in [3.05, 3.63) is 58.0 Å². The maximum absolute atomic E-state index is 11.8. The van der Waals surface area contributed by atoms with Gasteiger partial charge in [-0.3, -0.25) is 9.89 Å². The highest BCUT2D eigenvalue weighted by molar-refractivity contribution is 14.0. The average Bonchev–Trinajstić information content (AvgIpc) is 3.13. The van der Waals surface area contributed by atoms with E-state index in [1.807, 2.05) is 12.1 Å². The average molecular weight is 575 g/mol. The standard InChI is InChI=1S/C23H31ClN4O3.HI/c1-15-20(22(29)30-4)12-19(31-15)14-27-23(25-2)26-13-17-8-6-10-28(3)21(17)16-7-5-9-18(24)11-16;/h5,7,9,11-12,17,21H,6,8,10,13-14H2,1-4H3,(H2,25,26,27);1H. The van der Waals surface area contributed by atoms with Crippen molar-refractivity contribution in [1.29, 1.82) is 0 Å². The molecule has 2 heterocycles. The highest BCUT2D eigenvalue weighted by atomic mass is 127. The number of nitrogens with zero attached hydrogens (tertiary/aromatic N) is 2. The zero-order chi connectivity index (χ0) is 22.4. The Morgan fingerprint density at radius 1 is 1.34 bits per heavy atom. The third-order valence-electron chi connectivity index (χ3n) is 5.76. The van der Waals surface area contributed by atoms with Gasteiger partial charge >= 0.3 is 5.97 Å². The maximum Gasteiger partial charge on any atom is 0.341 e. The number of methoxy groups -OCH3 is 1. The summed E-state index contributed by atoms with van der Waals surface area (Å²) in [5.41, 5.74) is 1.68. The first-order valence-corrected chi connectivity index (χ1v) is 10.9. The monoisotopic (exact) mass is 574 g/mol. The second-order valence-corrected chi connectivity index (χ2v) is 8.30. The number of halogens is 2. The van der Waals surface area contributed by atoms with Crippen LogP contribution in [0.15, 0.2) is 39.7 Å². The number of hydrogen-bond acceptors (Lipinski definition) is 5. The predicted octanol–water partition coefficient (Wildman–Crippen LogP) is 4.39. The Morgan fingerprint density at radius 3 is 2.81 bits per heavy atom. The van der Waals surface area contributed by atoms with Gasteiger partial charge in [-0.25, -0.2) is 4.79 Å². The van der Waals surface area contributed by atoms with E-state index in [0.29, 0.717) is 41.5 Å². The summed E-state index contributed by atoms with van der Waals surface area (Å²) < 4.78 is 10.4. The predicted molar refractivity (Wildman–Crippen MR) is 138 cm³/mol. The van der Waals surface area contributed by atoms with Crippen molar-refractivity contribution in [1.82, 2.24) is 15.5 Å². The number of aliphatic imine (C=N–C) groups is 1. The highest BCUT2D eigenvalue weighted by Crippen LogP contribution is 2.35. The van der Waals surface area contributed by atoms with Gasteiger partial charge in [0, 0.05) is 24.7 Å². The summed E-state index contributed by atoms with van der Waals surface area (Å²) in [6.45, 7) is 4.02. The molecule has 1 aromatic heterocycles. The fourth-order valence-electron chi connectivity index (χ4n) is 4.25. The number of guanidine groups is 1. The number of rotatable bonds is 6. The third-order valence-corrected chi connectivity index (χ3v) is 5.99. The van der Waals surface area contributed by atoms with Crippen molar-refractivity contribution in [2.45, 2.75) is 32.4 Å². The number of esters is 1. The van der Waals surface area contributed by atoms with Crippen LogP contribution in [0.25, 0.3) is 0 Å². The molecule has 176 valence electrons. The molecule has 2 atom stereocenters. The summed E-state index contributed by atoms with van der Waals surface area (Å²) in [5, 5.41) is 7.47. The molecule has 9 heteroatoms. The molecule has 1 aromatic carbocycles. The van der Waals surface area contributed by atoms with Crippen molar-refractivity contribution in [3.8, 4) is 0 Å². The molecule has 1 aliphatic rings. The van der Waals surface area contributed by atoms with Crippen LogP contribution in [0.1, 0.15) is 46.3 Å². The summed E-state index contributed by atoms with van der Waals surface area (Å²) in [7, 11) is 5.27. The number of carbonyl (C=O) groups excluding carboxylic acids is 1. The van der Waals surface area contributed by atoms with Gasteiger partial charge in [0.1, 0.15) is 17.1 Å². The number of furan rings is 1. The molecule has 0 aliphatic carbocycles. The van der Waals surface area contributed by atoms with Gasteiger partial charge in [0.2, 0.25) is 0 Å². The first kappa shape index (κ1) is 26.5. The van der Waals surface area contributed by atoms with Gasteiger partial charge in [-0.2, -0.15) is 0 Å². The van der Waals surface area contributed by atoms with Crippen LogP contribution in [0, 0.1) is 12.8 Å². The molecule has 32 heavy (non-hydrogen) atoms. The van der Waals surface area contributed by atoms with Gasteiger partial charge in [-0.05, 0) is 63.0 Å². The number of aryl methyl sites for hydroxylation is 1. The van der Waals surface area contributed by atoms with Crippen LogP contribution in [0.5, 0.6) is 0 Å². The summed E-state index contributed by atoms with van der Waals surface area (Å²) in [5.74, 6) is 1.90. The van der Waals surface area contributed by atoms with E-state index in [4.69, 9.17) is 20.8 Å². The van der Waals surface area contributed by atoms with Gasteiger partial charge in [-0.1, -0.05) is 23.7 Å². The SMILES string of the molecule is CN=C(NCc1cc(C(=O)OC)c(C)o1)NCC1CCCN(C)C1c1cccc(Cl)c1.I. The number of carbonyl (C=O) groups is 1. The van der Waals surface area contributed by atoms with E-state index in [-0.39, 0.29) is 24.0 Å². The first-order valence-electron chi connectivity index (χ1n) is 10.5. The Hall–Kier alpha value is -1.78. The van der Waals surface area contributed by atoms with Crippen LogP contribution in [0.2, 0.25) is 5.02 Å². The largest absolute Gasteiger partial charge is 0.465 e. The summed E-state index contributed by atoms with van der Waals surface area (Å²) in [6, 6.07) is 10.1. The number of piperidine rings is 1. The second-order valence-electron chi connectivity index (χ2n) is 7.86. The zero-order valence-electron chi connectivity index (χ0n) is 19.0. The molecule has 2 aromatic rings. The highest BCUT2D eigenvalue weighted by Gasteiger charge is 2.30. The van der Waals surface area contributed by atoms with E-state index >= 15 is 0 Å². The molecular weight excluding hydrogens is 543 g/mol. The third kappa shape index (κ3) is 6.62. The fourth-order valence-corrected chi connectivity index (χ4v) is 4.45.